The van der Waals surface area contributed by atoms with Gasteiger partial charge in [-0.25, -0.2) is 8.78 Å². The predicted octanol–water partition coefficient (Wildman–Crippen LogP) is 3.38. The molecule has 0 aliphatic carbocycles. The van der Waals surface area contributed by atoms with Crippen LogP contribution in [0, 0.1) is 24.5 Å². The van der Waals surface area contributed by atoms with Gasteiger partial charge in [0.25, 0.3) is 5.91 Å². The maximum absolute atomic E-state index is 13.6. The van der Waals surface area contributed by atoms with Crippen LogP contribution in [0.25, 0.3) is 0 Å². The molecule has 2 heterocycles. The maximum Gasteiger partial charge on any atom is 0.254 e. The molecule has 1 atom stereocenters. The topological polar surface area (TPSA) is 34.5 Å². The molecule has 25 heavy (non-hydrogen) atoms. The Labute approximate surface area is 146 Å². The molecule has 1 aromatic heterocycles. The lowest BCUT2D eigenvalue weighted by Gasteiger charge is -2.25. The number of fused-ring (bicyclic) bond motifs is 1. The Morgan fingerprint density at radius 3 is 2.80 bits per heavy atom. The number of benzene rings is 1. The zero-order valence-corrected chi connectivity index (χ0v) is 14.5. The molecule has 4 nitrogen and oxygen atoms in total. The van der Waals surface area contributed by atoms with E-state index in [1.54, 1.807) is 18.9 Å². The van der Waals surface area contributed by atoms with Crippen LogP contribution in [-0.2, 0) is 17.8 Å². The smallest absolute Gasteiger partial charge is 0.254 e. The molecule has 3 rings (SSSR count). The summed E-state index contributed by atoms with van der Waals surface area (Å²) in [5.74, 6) is -1.96. The summed E-state index contributed by atoms with van der Waals surface area (Å²) in [5, 5.41) is 0. The average Bonchev–Trinajstić information content (AvgIpc) is 2.93. The number of aromatic nitrogens is 1. The summed E-state index contributed by atoms with van der Waals surface area (Å²) in [5.41, 5.74) is 1.69. The van der Waals surface area contributed by atoms with Crippen LogP contribution in [0.3, 0.4) is 0 Å². The Morgan fingerprint density at radius 1 is 1.28 bits per heavy atom. The van der Waals surface area contributed by atoms with Crippen molar-refractivity contribution in [1.82, 2.24) is 9.47 Å². The lowest BCUT2D eigenvalue weighted by atomic mass is 10.0. The summed E-state index contributed by atoms with van der Waals surface area (Å²) >= 11 is 0. The number of nitrogens with zero attached hydrogens (tertiary/aromatic N) is 2. The minimum atomic E-state index is -0.997. The summed E-state index contributed by atoms with van der Waals surface area (Å²) in [7, 11) is 1.66. The van der Waals surface area contributed by atoms with Crippen molar-refractivity contribution in [3.05, 3.63) is 58.9 Å². The van der Waals surface area contributed by atoms with Crippen molar-refractivity contribution in [2.24, 2.45) is 5.92 Å². The van der Waals surface area contributed by atoms with Crippen LogP contribution >= 0.6 is 0 Å². The Kier molecular flexibility index (Phi) is 5.18. The number of amides is 1. The number of methoxy groups -OCH3 is 1. The third kappa shape index (κ3) is 3.74. The number of rotatable bonds is 4. The molecule has 134 valence electrons. The van der Waals surface area contributed by atoms with Crippen LogP contribution < -0.4 is 0 Å². The zero-order valence-electron chi connectivity index (χ0n) is 14.5. The molecule has 2 aromatic rings. The molecule has 0 N–H and O–H groups in total. The number of aryl methyl sites for hydroxylation is 1. The molecule has 1 aliphatic rings. The monoisotopic (exact) mass is 348 g/mol. The molecule has 0 fully saturated rings. The molecule has 0 spiro atoms. The summed E-state index contributed by atoms with van der Waals surface area (Å²) in [4.78, 5) is 14.7. The summed E-state index contributed by atoms with van der Waals surface area (Å²) in [6.45, 7) is 4.06. The first-order chi connectivity index (χ1) is 12.0. The van der Waals surface area contributed by atoms with E-state index < -0.39 is 11.6 Å². The fourth-order valence-electron chi connectivity index (χ4n) is 3.35. The fourth-order valence-corrected chi connectivity index (χ4v) is 3.35. The molecular formula is C19H22F2N2O2. The van der Waals surface area contributed by atoms with Gasteiger partial charge in [-0.2, -0.15) is 0 Å². The van der Waals surface area contributed by atoms with Crippen molar-refractivity contribution in [3.63, 3.8) is 0 Å². The number of hydrogen-bond acceptors (Lipinski definition) is 2. The van der Waals surface area contributed by atoms with Crippen LogP contribution in [0.1, 0.15) is 28.0 Å². The molecule has 0 bridgehead atoms. The second-order valence-corrected chi connectivity index (χ2v) is 6.57. The SMILES string of the molecule is COCCC1CN(C(=O)c2cc(F)c(F)cc2C)Cc2cccn2C1. The number of ether oxygens (including phenoxy) is 1. The zero-order chi connectivity index (χ0) is 18.0. The lowest BCUT2D eigenvalue weighted by molar-refractivity contribution is 0.0704. The van der Waals surface area contributed by atoms with Gasteiger partial charge in [0.05, 0.1) is 6.54 Å². The summed E-state index contributed by atoms with van der Waals surface area (Å²) in [6, 6.07) is 6.02. The van der Waals surface area contributed by atoms with Gasteiger partial charge in [0.15, 0.2) is 11.6 Å². The van der Waals surface area contributed by atoms with Crippen LogP contribution in [0.15, 0.2) is 30.5 Å². The van der Waals surface area contributed by atoms with E-state index in [4.69, 9.17) is 4.74 Å². The predicted molar refractivity (Wildman–Crippen MR) is 90.3 cm³/mol. The van der Waals surface area contributed by atoms with Crippen molar-refractivity contribution >= 4 is 5.91 Å². The van der Waals surface area contributed by atoms with Crippen LogP contribution in [0.2, 0.25) is 0 Å². The van der Waals surface area contributed by atoms with Gasteiger partial charge in [-0.3, -0.25) is 4.79 Å². The largest absolute Gasteiger partial charge is 0.385 e. The van der Waals surface area contributed by atoms with E-state index in [9.17, 15) is 13.6 Å². The molecule has 1 aliphatic heterocycles. The van der Waals surface area contributed by atoms with E-state index in [0.717, 1.165) is 30.8 Å². The first-order valence-electron chi connectivity index (χ1n) is 8.37. The Balaban J connectivity index is 1.89. The van der Waals surface area contributed by atoms with Crippen molar-refractivity contribution in [3.8, 4) is 0 Å². The van der Waals surface area contributed by atoms with E-state index in [1.165, 1.54) is 0 Å². The molecule has 0 saturated carbocycles. The highest BCUT2D eigenvalue weighted by atomic mass is 19.2. The second kappa shape index (κ2) is 7.35. The van der Waals surface area contributed by atoms with E-state index in [-0.39, 0.29) is 17.4 Å². The Bertz CT molecular complexity index is 773. The number of halogens is 2. The summed E-state index contributed by atoms with van der Waals surface area (Å²) < 4.78 is 34.3. The highest BCUT2D eigenvalue weighted by Gasteiger charge is 2.27. The van der Waals surface area contributed by atoms with Gasteiger partial charge in [-0.1, -0.05) is 0 Å². The van der Waals surface area contributed by atoms with Gasteiger partial charge < -0.3 is 14.2 Å². The quantitative estimate of drug-likeness (QED) is 0.849. The van der Waals surface area contributed by atoms with E-state index in [2.05, 4.69) is 4.57 Å². The maximum atomic E-state index is 13.6. The molecule has 1 aromatic carbocycles. The standard InChI is InChI=1S/C19H22F2N2O2/c1-13-8-17(20)18(21)9-16(13)19(24)23-11-14(5-7-25-2)10-22-6-3-4-15(22)12-23/h3-4,6,8-9,14H,5,7,10-12H2,1-2H3. The minimum absolute atomic E-state index is 0.212. The third-order valence-corrected chi connectivity index (χ3v) is 4.73. The Hall–Kier alpha value is -2.21. The number of hydrogen-bond donors (Lipinski definition) is 0. The lowest BCUT2D eigenvalue weighted by Crippen LogP contribution is -2.34. The van der Waals surface area contributed by atoms with Crippen LogP contribution in [0.4, 0.5) is 8.78 Å². The van der Waals surface area contributed by atoms with Gasteiger partial charge >= 0.3 is 0 Å². The van der Waals surface area contributed by atoms with E-state index >= 15 is 0 Å². The molecule has 6 heteroatoms. The van der Waals surface area contributed by atoms with Crippen LogP contribution in [0.5, 0.6) is 0 Å². The van der Waals surface area contributed by atoms with Crippen molar-refractivity contribution in [2.45, 2.75) is 26.4 Å². The molecule has 0 radical (unpaired) electrons. The van der Waals surface area contributed by atoms with E-state index in [0.29, 0.717) is 25.3 Å². The number of carbonyl (C=O) groups excluding carboxylic acids is 1. The van der Waals surface area contributed by atoms with Gasteiger partial charge in [0.1, 0.15) is 0 Å². The van der Waals surface area contributed by atoms with Crippen molar-refractivity contribution < 1.29 is 18.3 Å². The van der Waals surface area contributed by atoms with Crippen molar-refractivity contribution in [1.29, 1.82) is 0 Å². The van der Waals surface area contributed by atoms with Gasteiger partial charge in [-0.05, 0) is 49.1 Å². The summed E-state index contributed by atoms with van der Waals surface area (Å²) in [6.07, 6.45) is 2.83. The number of carbonyl (C=O) groups is 1. The van der Waals surface area contributed by atoms with Crippen LogP contribution in [-0.4, -0.2) is 35.6 Å². The Morgan fingerprint density at radius 2 is 2.04 bits per heavy atom. The highest BCUT2D eigenvalue weighted by Crippen LogP contribution is 2.23. The highest BCUT2D eigenvalue weighted by molar-refractivity contribution is 5.95. The average molecular weight is 348 g/mol. The third-order valence-electron chi connectivity index (χ3n) is 4.73. The first kappa shape index (κ1) is 17.6. The second-order valence-electron chi connectivity index (χ2n) is 6.57. The van der Waals surface area contributed by atoms with E-state index in [1.807, 2.05) is 18.3 Å². The molecule has 1 unspecified atom stereocenters. The molecular weight excluding hydrogens is 326 g/mol. The van der Waals surface area contributed by atoms with Gasteiger partial charge in [0.2, 0.25) is 0 Å². The van der Waals surface area contributed by atoms with Gasteiger partial charge in [0, 0.05) is 44.3 Å². The van der Waals surface area contributed by atoms with Gasteiger partial charge in [-0.15, -0.1) is 0 Å². The molecule has 1 amide bonds. The minimum Gasteiger partial charge on any atom is -0.385 e. The normalized spacial score (nSPS) is 17.3. The first-order valence-corrected chi connectivity index (χ1v) is 8.37. The van der Waals surface area contributed by atoms with Crippen molar-refractivity contribution in [2.75, 3.05) is 20.3 Å². The molecule has 0 saturated heterocycles. The fraction of sp³-hybridized carbons (Fsp3) is 0.421.